The van der Waals surface area contributed by atoms with Crippen molar-refractivity contribution < 1.29 is 17.9 Å². The Morgan fingerprint density at radius 2 is 2.04 bits per heavy atom. The molecule has 0 aliphatic carbocycles. The Balaban J connectivity index is 1.87. The van der Waals surface area contributed by atoms with Gasteiger partial charge in [0.1, 0.15) is 0 Å². The Morgan fingerprint density at radius 3 is 2.62 bits per heavy atom. The number of aromatic nitrogens is 4. The second-order valence-corrected chi connectivity index (χ2v) is 5.63. The van der Waals surface area contributed by atoms with Crippen molar-refractivity contribution in [1.82, 2.24) is 25.5 Å². The van der Waals surface area contributed by atoms with Gasteiger partial charge in [-0.1, -0.05) is 30.3 Å². The first-order valence-corrected chi connectivity index (χ1v) is 7.35. The molecular weight excluding hydrogens is 325 g/mol. The smallest absolute Gasteiger partial charge is 0.358 e. The van der Waals surface area contributed by atoms with E-state index in [9.17, 15) is 13.2 Å². The molecule has 0 amide bonds. The summed E-state index contributed by atoms with van der Waals surface area (Å²) in [5.41, 5.74) is 6.10. The van der Waals surface area contributed by atoms with E-state index in [2.05, 4.69) is 20.8 Å². The zero-order valence-electron chi connectivity index (χ0n) is 12.9. The average molecular weight is 342 g/mol. The summed E-state index contributed by atoms with van der Waals surface area (Å²) in [6.07, 6.45) is -4.40. The molecule has 1 aromatic heterocycles. The number of alkyl halides is 3. The van der Waals surface area contributed by atoms with Crippen molar-refractivity contribution in [2.24, 2.45) is 5.73 Å². The van der Waals surface area contributed by atoms with E-state index in [0.717, 1.165) is 10.2 Å². The molecule has 24 heavy (non-hydrogen) atoms. The number of nitrogens with one attached hydrogen (secondary N) is 1. The Kier molecular flexibility index (Phi) is 4.28. The highest BCUT2D eigenvalue weighted by Crippen LogP contribution is 2.35. The lowest BCUT2D eigenvalue weighted by molar-refractivity contribution is -0.150. The number of benzene rings is 1. The number of piperidine rings is 1. The van der Waals surface area contributed by atoms with Gasteiger partial charge in [0.25, 0.3) is 5.82 Å². The SMILES string of the molecule is COC1(c2ccccc2)NCC(n2nnnc2C(F)(F)F)CC1N. The number of halogens is 3. The molecule has 1 aliphatic rings. The molecule has 0 radical (unpaired) electrons. The number of hydrogen-bond acceptors (Lipinski definition) is 6. The molecule has 0 spiro atoms. The maximum absolute atomic E-state index is 13.0. The predicted octanol–water partition coefficient (Wildman–Crippen LogP) is 1.05. The first kappa shape index (κ1) is 16.8. The van der Waals surface area contributed by atoms with Gasteiger partial charge in [-0.3, -0.25) is 5.32 Å². The molecule has 10 heteroatoms. The fourth-order valence-corrected chi connectivity index (χ4v) is 3.10. The number of tetrazole rings is 1. The van der Waals surface area contributed by atoms with Crippen LogP contribution in [0, 0.1) is 0 Å². The highest BCUT2D eigenvalue weighted by atomic mass is 19.4. The quantitative estimate of drug-likeness (QED) is 0.867. The largest absolute Gasteiger partial charge is 0.453 e. The van der Waals surface area contributed by atoms with Crippen molar-refractivity contribution in [2.75, 3.05) is 13.7 Å². The summed E-state index contributed by atoms with van der Waals surface area (Å²) in [5.74, 6) is -1.13. The van der Waals surface area contributed by atoms with Gasteiger partial charge in [-0.2, -0.15) is 13.2 Å². The van der Waals surface area contributed by atoms with Crippen LogP contribution in [0.4, 0.5) is 13.2 Å². The van der Waals surface area contributed by atoms with E-state index in [1.54, 1.807) is 0 Å². The first-order chi connectivity index (χ1) is 11.4. The van der Waals surface area contributed by atoms with E-state index < -0.39 is 29.8 Å². The van der Waals surface area contributed by atoms with Crippen molar-refractivity contribution in [3.63, 3.8) is 0 Å². The maximum atomic E-state index is 13.0. The van der Waals surface area contributed by atoms with Gasteiger partial charge in [-0.15, -0.1) is 5.10 Å². The standard InChI is InChI=1S/C14H17F3N6O/c1-24-13(9-5-3-2-4-6-9)11(18)7-10(8-19-13)23-12(14(15,16)17)20-21-22-23/h2-6,10-11,19H,7-8,18H2,1H3. The van der Waals surface area contributed by atoms with Crippen LogP contribution in [-0.4, -0.2) is 39.9 Å². The van der Waals surface area contributed by atoms with Crippen LogP contribution in [0.15, 0.2) is 30.3 Å². The first-order valence-electron chi connectivity index (χ1n) is 7.35. The molecule has 2 heterocycles. The van der Waals surface area contributed by atoms with Gasteiger partial charge in [0.15, 0.2) is 5.72 Å². The highest BCUT2D eigenvalue weighted by Gasteiger charge is 2.46. The molecule has 0 bridgehead atoms. The molecule has 1 aromatic carbocycles. The zero-order chi connectivity index (χ0) is 17.4. The number of nitrogens with two attached hydrogens (primary N) is 1. The van der Waals surface area contributed by atoms with Gasteiger partial charge in [-0.05, 0) is 16.8 Å². The van der Waals surface area contributed by atoms with Crippen LogP contribution in [0.1, 0.15) is 23.9 Å². The molecule has 0 saturated carbocycles. The van der Waals surface area contributed by atoms with Crippen LogP contribution in [0.3, 0.4) is 0 Å². The van der Waals surface area contributed by atoms with Gasteiger partial charge >= 0.3 is 6.18 Å². The Labute approximate surface area is 136 Å². The van der Waals surface area contributed by atoms with E-state index in [1.165, 1.54) is 7.11 Å². The molecular formula is C14H17F3N6O. The molecule has 3 N–H and O–H groups in total. The minimum atomic E-state index is -4.62. The Morgan fingerprint density at radius 1 is 1.33 bits per heavy atom. The lowest BCUT2D eigenvalue weighted by atomic mass is 9.86. The minimum absolute atomic E-state index is 0.185. The van der Waals surface area contributed by atoms with Gasteiger partial charge < -0.3 is 10.5 Å². The third-order valence-electron chi connectivity index (χ3n) is 4.27. The van der Waals surface area contributed by atoms with Crippen LogP contribution < -0.4 is 11.1 Å². The van der Waals surface area contributed by atoms with Crippen LogP contribution in [0.25, 0.3) is 0 Å². The normalized spacial score (nSPS) is 28.0. The van der Waals surface area contributed by atoms with Crippen LogP contribution in [0.2, 0.25) is 0 Å². The average Bonchev–Trinajstić information content (AvgIpc) is 3.06. The lowest BCUT2D eigenvalue weighted by Gasteiger charge is -2.45. The fourth-order valence-electron chi connectivity index (χ4n) is 3.10. The van der Waals surface area contributed by atoms with E-state index in [4.69, 9.17) is 10.5 Å². The van der Waals surface area contributed by atoms with E-state index in [1.807, 2.05) is 30.3 Å². The van der Waals surface area contributed by atoms with Crippen LogP contribution in [-0.2, 0) is 16.6 Å². The molecule has 1 saturated heterocycles. The number of rotatable bonds is 3. The van der Waals surface area contributed by atoms with Crippen molar-refractivity contribution >= 4 is 0 Å². The number of ether oxygens (including phenoxy) is 1. The van der Waals surface area contributed by atoms with Crippen molar-refractivity contribution in [3.8, 4) is 0 Å². The second-order valence-electron chi connectivity index (χ2n) is 5.63. The van der Waals surface area contributed by atoms with Gasteiger partial charge in [-0.25, -0.2) is 4.68 Å². The second kappa shape index (κ2) is 6.11. The summed E-state index contributed by atoms with van der Waals surface area (Å²) in [4.78, 5) is 0. The Hall–Kier alpha value is -2.04. The van der Waals surface area contributed by atoms with Crippen LogP contribution in [0.5, 0.6) is 0 Å². The van der Waals surface area contributed by atoms with Gasteiger partial charge in [0, 0.05) is 19.2 Å². The van der Waals surface area contributed by atoms with E-state index >= 15 is 0 Å². The molecule has 130 valence electrons. The lowest BCUT2D eigenvalue weighted by Crippen LogP contribution is -2.62. The van der Waals surface area contributed by atoms with Gasteiger partial charge in [0.2, 0.25) is 0 Å². The van der Waals surface area contributed by atoms with Crippen LogP contribution >= 0.6 is 0 Å². The Bertz CT molecular complexity index is 691. The fraction of sp³-hybridized carbons (Fsp3) is 0.500. The van der Waals surface area contributed by atoms with Gasteiger partial charge in [0.05, 0.1) is 12.1 Å². The molecule has 3 atom stereocenters. The summed E-state index contributed by atoms with van der Waals surface area (Å²) >= 11 is 0. The molecule has 2 aromatic rings. The molecule has 1 aliphatic heterocycles. The highest BCUT2D eigenvalue weighted by molar-refractivity contribution is 5.25. The summed E-state index contributed by atoms with van der Waals surface area (Å²) < 4.78 is 45.3. The third-order valence-corrected chi connectivity index (χ3v) is 4.27. The molecule has 7 nitrogen and oxygen atoms in total. The monoisotopic (exact) mass is 342 g/mol. The van der Waals surface area contributed by atoms with E-state index in [-0.39, 0.29) is 13.0 Å². The molecule has 3 unspecified atom stereocenters. The third kappa shape index (κ3) is 2.76. The summed E-state index contributed by atoms with van der Waals surface area (Å²) in [5, 5.41) is 12.8. The number of nitrogens with zero attached hydrogens (tertiary/aromatic N) is 4. The minimum Gasteiger partial charge on any atom is -0.358 e. The summed E-state index contributed by atoms with van der Waals surface area (Å²) in [6.45, 7) is 0.185. The summed E-state index contributed by atoms with van der Waals surface area (Å²) in [7, 11) is 1.51. The number of methoxy groups -OCH3 is 1. The number of hydrogen-bond donors (Lipinski definition) is 2. The molecule has 3 rings (SSSR count). The van der Waals surface area contributed by atoms with Crippen molar-refractivity contribution in [1.29, 1.82) is 0 Å². The van der Waals surface area contributed by atoms with Crippen molar-refractivity contribution in [3.05, 3.63) is 41.7 Å². The van der Waals surface area contributed by atoms with Crippen molar-refractivity contribution in [2.45, 2.75) is 30.4 Å². The topological polar surface area (TPSA) is 90.9 Å². The molecule has 1 fully saturated rings. The predicted molar refractivity (Wildman–Crippen MR) is 77.6 cm³/mol. The maximum Gasteiger partial charge on any atom is 0.453 e. The van der Waals surface area contributed by atoms with E-state index in [0.29, 0.717) is 0 Å². The summed E-state index contributed by atoms with van der Waals surface area (Å²) in [6, 6.07) is 8.05. The zero-order valence-corrected chi connectivity index (χ0v) is 12.9.